The van der Waals surface area contributed by atoms with Crippen LogP contribution in [-0.4, -0.2) is 22.1 Å². The summed E-state index contributed by atoms with van der Waals surface area (Å²) in [4.78, 5) is 12.7. The largest absolute Gasteiger partial charge is 0.497 e. The third-order valence-corrected chi connectivity index (χ3v) is 2.53. The van der Waals surface area contributed by atoms with Gasteiger partial charge in [0.2, 0.25) is 5.95 Å². The van der Waals surface area contributed by atoms with Crippen LogP contribution in [0.4, 0.5) is 5.95 Å². The van der Waals surface area contributed by atoms with Gasteiger partial charge in [0.1, 0.15) is 11.6 Å². The fourth-order valence-electron chi connectivity index (χ4n) is 1.54. The molecule has 0 spiro atoms. The number of anilines is 1. The number of methoxy groups -OCH3 is 1. The molecule has 0 saturated carbocycles. The van der Waals surface area contributed by atoms with E-state index >= 15 is 0 Å². The molecule has 2 N–H and O–H groups in total. The first-order chi connectivity index (χ1) is 8.60. The Kier molecular flexibility index (Phi) is 3.41. The van der Waals surface area contributed by atoms with Crippen LogP contribution in [0.1, 0.15) is 25.6 Å². The van der Waals surface area contributed by atoms with Gasteiger partial charge in [-0.3, -0.25) is 0 Å². The Hall–Kier alpha value is -2.17. The molecule has 0 aliphatic heterocycles. The van der Waals surface area contributed by atoms with E-state index in [2.05, 4.69) is 15.0 Å². The van der Waals surface area contributed by atoms with E-state index in [0.717, 1.165) is 11.3 Å². The molecule has 1 aromatic carbocycles. The van der Waals surface area contributed by atoms with E-state index in [-0.39, 0.29) is 11.9 Å². The van der Waals surface area contributed by atoms with Gasteiger partial charge < -0.3 is 10.5 Å². The van der Waals surface area contributed by atoms with Gasteiger partial charge in [-0.15, -0.1) is 0 Å². The summed E-state index contributed by atoms with van der Waals surface area (Å²) in [6.45, 7) is 4.04. The third kappa shape index (κ3) is 2.56. The van der Waals surface area contributed by atoms with Crippen LogP contribution in [0, 0.1) is 0 Å². The molecular formula is C13H16N4O. The molecule has 0 aliphatic rings. The van der Waals surface area contributed by atoms with Crippen molar-refractivity contribution in [2.24, 2.45) is 0 Å². The van der Waals surface area contributed by atoms with Crippen LogP contribution >= 0.6 is 0 Å². The van der Waals surface area contributed by atoms with Gasteiger partial charge in [0.25, 0.3) is 0 Å². The molecule has 1 heterocycles. The molecule has 5 heteroatoms. The second kappa shape index (κ2) is 5.00. The maximum absolute atomic E-state index is 5.70. The zero-order valence-corrected chi connectivity index (χ0v) is 10.7. The van der Waals surface area contributed by atoms with Gasteiger partial charge in [-0.05, 0) is 24.3 Å². The molecule has 0 aliphatic carbocycles. The maximum Gasteiger partial charge on any atom is 0.223 e. The summed E-state index contributed by atoms with van der Waals surface area (Å²) in [6, 6.07) is 7.53. The molecule has 0 unspecified atom stereocenters. The lowest BCUT2D eigenvalue weighted by Crippen LogP contribution is -2.06. The first-order valence-electron chi connectivity index (χ1n) is 5.76. The second-order valence-electron chi connectivity index (χ2n) is 4.26. The number of ether oxygens (including phenoxy) is 1. The Labute approximate surface area is 106 Å². The van der Waals surface area contributed by atoms with Crippen molar-refractivity contribution in [3.63, 3.8) is 0 Å². The average Bonchev–Trinajstić information content (AvgIpc) is 2.38. The average molecular weight is 244 g/mol. The molecule has 0 fully saturated rings. The van der Waals surface area contributed by atoms with Crippen LogP contribution in [0.3, 0.4) is 0 Å². The Bertz CT molecular complexity index is 537. The number of benzene rings is 1. The summed E-state index contributed by atoms with van der Waals surface area (Å²) < 4.78 is 5.11. The molecule has 0 atom stereocenters. The van der Waals surface area contributed by atoms with E-state index in [1.165, 1.54) is 0 Å². The summed E-state index contributed by atoms with van der Waals surface area (Å²) >= 11 is 0. The van der Waals surface area contributed by atoms with E-state index in [9.17, 15) is 0 Å². The van der Waals surface area contributed by atoms with Crippen LogP contribution in [0.15, 0.2) is 24.3 Å². The van der Waals surface area contributed by atoms with Crippen molar-refractivity contribution < 1.29 is 4.74 Å². The molecular weight excluding hydrogens is 228 g/mol. The molecule has 0 radical (unpaired) electrons. The van der Waals surface area contributed by atoms with Gasteiger partial charge in [-0.2, -0.15) is 9.97 Å². The van der Waals surface area contributed by atoms with Crippen molar-refractivity contribution in [3.8, 4) is 17.1 Å². The topological polar surface area (TPSA) is 73.9 Å². The van der Waals surface area contributed by atoms with Crippen molar-refractivity contribution in [2.75, 3.05) is 12.8 Å². The molecule has 18 heavy (non-hydrogen) atoms. The lowest BCUT2D eigenvalue weighted by Gasteiger charge is -2.07. The highest BCUT2D eigenvalue weighted by Gasteiger charge is 2.09. The monoisotopic (exact) mass is 244 g/mol. The van der Waals surface area contributed by atoms with Gasteiger partial charge in [-0.1, -0.05) is 13.8 Å². The van der Waals surface area contributed by atoms with Gasteiger partial charge in [0, 0.05) is 11.5 Å². The number of rotatable bonds is 3. The van der Waals surface area contributed by atoms with Crippen LogP contribution in [0.5, 0.6) is 5.75 Å². The third-order valence-electron chi connectivity index (χ3n) is 2.53. The highest BCUT2D eigenvalue weighted by molar-refractivity contribution is 5.57. The van der Waals surface area contributed by atoms with E-state index in [1.54, 1.807) is 7.11 Å². The maximum atomic E-state index is 5.70. The van der Waals surface area contributed by atoms with Gasteiger partial charge in [0.15, 0.2) is 5.82 Å². The van der Waals surface area contributed by atoms with Gasteiger partial charge in [-0.25, -0.2) is 4.98 Å². The van der Waals surface area contributed by atoms with Crippen LogP contribution < -0.4 is 10.5 Å². The Morgan fingerprint density at radius 2 is 1.72 bits per heavy atom. The van der Waals surface area contributed by atoms with Crippen molar-refractivity contribution in [3.05, 3.63) is 30.1 Å². The fraction of sp³-hybridized carbons (Fsp3) is 0.308. The zero-order valence-electron chi connectivity index (χ0n) is 10.7. The van der Waals surface area contributed by atoms with Crippen molar-refractivity contribution in [1.29, 1.82) is 0 Å². The molecule has 2 rings (SSSR count). The first-order valence-corrected chi connectivity index (χ1v) is 5.76. The summed E-state index contributed by atoms with van der Waals surface area (Å²) in [5, 5.41) is 0. The number of nitrogens with two attached hydrogens (primary N) is 1. The summed E-state index contributed by atoms with van der Waals surface area (Å²) in [5.41, 5.74) is 6.60. The predicted molar refractivity (Wildman–Crippen MR) is 70.3 cm³/mol. The first kappa shape index (κ1) is 12.3. The molecule has 94 valence electrons. The van der Waals surface area contributed by atoms with E-state index in [1.807, 2.05) is 38.1 Å². The Morgan fingerprint density at radius 1 is 1.06 bits per heavy atom. The summed E-state index contributed by atoms with van der Waals surface area (Å²) in [5.74, 6) is 2.55. The van der Waals surface area contributed by atoms with Crippen molar-refractivity contribution in [1.82, 2.24) is 15.0 Å². The smallest absolute Gasteiger partial charge is 0.223 e. The van der Waals surface area contributed by atoms with Gasteiger partial charge in [0.05, 0.1) is 7.11 Å². The predicted octanol–water partition coefficient (Wildman–Crippen LogP) is 2.25. The second-order valence-corrected chi connectivity index (χ2v) is 4.26. The quantitative estimate of drug-likeness (QED) is 0.896. The number of nitrogen functional groups attached to an aromatic ring is 1. The molecule has 1 aromatic heterocycles. The molecule has 0 bridgehead atoms. The number of hydrogen-bond donors (Lipinski definition) is 1. The van der Waals surface area contributed by atoms with Crippen molar-refractivity contribution in [2.45, 2.75) is 19.8 Å². The number of nitrogens with zero attached hydrogens (tertiary/aromatic N) is 3. The zero-order chi connectivity index (χ0) is 13.1. The Balaban J connectivity index is 2.42. The van der Waals surface area contributed by atoms with E-state index in [0.29, 0.717) is 11.6 Å². The molecule has 2 aromatic rings. The molecule has 0 amide bonds. The lowest BCUT2D eigenvalue weighted by atomic mass is 10.2. The van der Waals surface area contributed by atoms with Gasteiger partial charge >= 0.3 is 0 Å². The SMILES string of the molecule is COc1ccc(-c2nc(N)nc(C(C)C)n2)cc1. The molecule has 5 nitrogen and oxygen atoms in total. The lowest BCUT2D eigenvalue weighted by molar-refractivity contribution is 0.415. The minimum absolute atomic E-state index is 0.215. The minimum atomic E-state index is 0.215. The summed E-state index contributed by atoms with van der Waals surface area (Å²) in [6.07, 6.45) is 0. The van der Waals surface area contributed by atoms with Crippen LogP contribution in [0.25, 0.3) is 11.4 Å². The van der Waals surface area contributed by atoms with E-state index < -0.39 is 0 Å². The van der Waals surface area contributed by atoms with Crippen molar-refractivity contribution >= 4 is 5.95 Å². The Morgan fingerprint density at radius 3 is 2.28 bits per heavy atom. The highest BCUT2D eigenvalue weighted by atomic mass is 16.5. The van der Waals surface area contributed by atoms with E-state index in [4.69, 9.17) is 10.5 Å². The molecule has 0 saturated heterocycles. The normalized spacial score (nSPS) is 10.7. The number of hydrogen-bond acceptors (Lipinski definition) is 5. The summed E-state index contributed by atoms with van der Waals surface area (Å²) in [7, 11) is 1.63. The highest BCUT2D eigenvalue weighted by Crippen LogP contribution is 2.21. The van der Waals surface area contributed by atoms with Crippen LogP contribution in [-0.2, 0) is 0 Å². The standard InChI is InChI=1S/C13H16N4O/c1-8(2)11-15-12(17-13(14)16-11)9-4-6-10(18-3)7-5-9/h4-8H,1-3H3,(H2,14,15,16,17). The number of aromatic nitrogens is 3. The fourth-order valence-corrected chi connectivity index (χ4v) is 1.54. The minimum Gasteiger partial charge on any atom is -0.497 e. The van der Waals surface area contributed by atoms with Crippen LogP contribution in [0.2, 0.25) is 0 Å².